The van der Waals surface area contributed by atoms with Crippen LogP contribution in [0.25, 0.3) is 0 Å². The highest BCUT2D eigenvalue weighted by molar-refractivity contribution is 6.34. The number of nitrogens with two attached hydrogens (primary N) is 1. The van der Waals surface area contributed by atoms with Crippen molar-refractivity contribution in [1.82, 2.24) is 0 Å². The number of hydrogen-bond acceptors (Lipinski definition) is 2. The summed E-state index contributed by atoms with van der Waals surface area (Å²) < 4.78 is 13.8. The zero-order chi connectivity index (χ0) is 14.7. The van der Waals surface area contributed by atoms with E-state index in [1.165, 1.54) is 17.0 Å². The van der Waals surface area contributed by atoms with Gasteiger partial charge in [-0.25, -0.2) is 4.39 Å². The second-order valence-corrected chi connectivity index (χ2v) is 4.65. The smallest absolute Gasteiger partial charge is 0.259 e. The van der Waals surface area contributed by atoms with Crippen LogP contribution in [0.3, 0.4) is 0 Å². The molecule has 0 saturated heterocycles. The van der Waals surface area contributed by atoms with E-state index >= 15 is 0 Å². The summed E-state index contributed by atoms with van der Waals surface area (Å²) in [5, 5.41) is 0.254. The Morgan fingerprint density at radius 1 is 1.30 bits per heavy atom. The van der Waals surface area contributed by atoms with Gasteiger partial charge in [0.1, 0.15) is 5.82 Å². The van der Waals surface area contributed by atoms with Gasteiger partial charge in [0, 0.05) is 12.2 Å². The van der Waals surface area contributed by atoms with Gasteiger partial charge in [-0.05, 0) is 37.3 Å². The van der Waals surface area contributed by atoms with Gasteiger partial charge in [0.2, 0.25) is 0 Å². The van der Waals surface area contributed by atoms with E-state index in [0.29, 0.717) is 17.8 Å². The van der Waals surface area contributed by atoms with Gasteiger partial charge in [-0.3, -0.25) is 4.79 Å². The van der Waals surface area contributed by atoms with Gasteiger partial charge in [0.05, 0.1) is 16.3 Å². The number of benzene rings is 2. The SMILES string of the molecule is CCN(C(=O)c1ccc(N)cc1Cl)c1ccccc1F. The topological polar surface area (TPSA) is 46.3 Å². The van der Waals surface area contributed by atoms with Crippen molar-refractivity contribution >= 4 is 28.9 Å². The summed E-state index contributed by atoms with van der Waals surface area (Å²) in [6.45, 7) is 2.11. The number of rotatable bonds is 3. The molecule has 0 aliphatic rings. The van der Waals surface area contributed by atoms with Crippen LogP contribution in [0, 0.1) is 5.82 Å². The molecule has 0 bridgehead atoms. The molecule has 0 heterocycles. The molecule has 2 aromatic carbocycles. The minimum atomic E-state index is -0.450. The molecular formula is C15H14ClFN2O. The molecule has 0 radical (unpaired) electrons. The largest absolute Gasteiger partial charge is 0.399 e. The summed E-state index contributed by atoms with van der Waals surface area (Å²) in [7, 11) is 0. The number of hydrogen-bond donors (Lipinski definition) is 1. The molecule has 5 heteroatoms. The van der Waals surface area contributed by atoms with Crippen molar-refractivity contribution in [2.24, 2.45) is 0 Å². The number of carbonyl (C=O) groups is 1. The van der Waals surface area contributed by atoms with Crippen LogP contribution in [0.1, 0.15) is 17.3 Å². The molecule has 0 atom stereocenters. The Kier molecular flexibility index (Phi) is 4.25. The second-order valence-electron chi connectivity index (χ2n) is 4.24. The zero-order valence-electron chi connectivity index (χ0n) is 10.9. The summed E-state index contributed by atoms with van der Waals surface area (Å²) in [4.78, 5) is 13.8. The van der Waals surface area contributed by atoms with Crippen LogP contribution < -0.4 is 10.6 Å². The minimum absolute atomic E-state index is 0.230. The molecule has 2 N–H and O–H groups in total. The first-order valence-corrected chi connectivity index (χ1v) is 6.53. The van der Waals surface area contributed by atoms with E-state index in [9.17, 15) is 9.18 Å². The van der Waals surface area contributed by atoms with Crippen LogP contribution in [-0.2, 0) is 0 Å². The van der Waals surface area contributed by atoms with Crippen molar-refractivity contribution in [3.05, 3.63) is 58.9 Å². The van der Waals surface area contributed by atoms with Crippen LogP contribution in [0.15, 0.2) is 42.5 Å². The fourth-order valence-corrected chi connectivity index (χ4v) is 2.21. The van der Waals surface area contributed by atoms with Crippen molar-refractivity contribution in [2.45, 2.75) is 6.92 Å². The molecule has 2 aromatic rings. The van der Waals surface area contributed by atoms with Crippen molar-refractivity contribution < 1.29 is 9.18 Å². The van der Waals surface area contributed by atoms with Gasteiger partial charge in [-0.1, -0.05) is 23.7 Å². The fourth-order valence-electron chi connectivity index (χ4n) is 1.94. The Morgan fingerprint density at radius 2 is 2.00 bits per heavy atom. The molecule has 0 spiro atoms. The number of nitrogen functional groups attached to an aromatic ring is 1. The number of para-hydroxylation sites is 1. The molecular weight excluding hydrogens is 279 g/mol. The summed E-state index contributed by atoms with van der Waals surface area (Å²) in [6, 6.07) is 10.8. The average molecular weight is 293 g/mol. The third-order valence-corrected chi connectivity index (χ3v) is 3.24. The monoisotopic (exact) mass is 292 g/mol. The van der Waals surface area contributed by atoms with Crippen molar-refractivity contribution in [2.75, 3.05) is 17.2 Å². The molecule has 0 aliphatic carbocycles. The minimum Gasteiger partial charge on any atom is -0.399 e. The number of nitrogens with zero attached hydrogens (tertiary/aromatic N) is 1. The van der Waals surface area contributed by atoms with Gasteiger partial charge >= 0.3 is 0 Å². The Labute approximate surface area is 121 Å². The molecule has 0 fully saturated rings. The normalized spacial score (nSPS) is 10.3. The first-order valence-electron chi connectivity index (χ1n) is 6.16. The second kappa shape index (κ2) is 5.92. The van der Waals surface area contributed by atoms with Gasteiger partial charge < -0.3 is 10.6 Å². The van der Waals surface area contributed by atoms with Crippen molar-refractivity contribution in [1.29, 1.82) is 0 Å². The van der Waals surface area contributed by atoms with Gasteiger partial charge in [-0.2, -0.15) is 0 Å². The predicted octanol–water partition coefficient (Wildman–Crippen LogP) is 3.73. The van der Waals surface area contributed by atoms with Crippen LogP contribution in [0.2, 0.25) is 5.02 Å². The maximum atomic E-state index is 13.8. The van der Waals surface area contributed by atoms with Crippen LogP contribution >= 0.6 is 11.6 Å². The lowest BCUT2D eigenvalue weighted by atomic mass is 10.1. The molecule has 0 saturated carbocycles. The fraction of sp³-hybridized carbons (Fsp3) is 0.133. The van der Waals surface area contributed by atoms with E-state index in [-0.39, 0.29) is 16.6 Å². The lowest BCUT2D eigenvalue weighted by Crippen LogP contribution is -2.31. The Hall–Kier alpha value is -2.07. The summed E-state index contributed by atoms with van der Waals surface area (Å²) in [5.74, 6) is -0.808. The standard InChI is InChI=1S/C15H14ClFN2O/c1-2-19(14-6-4-3-5-13(14)17)15(20)11-8-7-10(18)9-12(11)16/h3-9H,2,18H2,1H3. The Balaban J connectivity index is 2.42. The third-order valence-electron chi connectivity index (χ3n) is 2.93. The lowest BCUT2D eigenvalue weighted by Gasteiger charge is -2.22. The molecule has 0 aromatic heterocycles. The molecule has 0 aliphatic heterocycles. The molecule has 104 valence electrons. The predicted molar refractivity (Wildman–Crippen MR) is 79.6 cm³/mol. The first kappa shape index (κ1) is 14.3. The Bertz CT molecular complexity index is 646. The maximum absolute atomic E-state index is 13.8. The van der Waals surface area contributed by atoms with Gasteiger partial charge in [0.25, 0.3) is 5.91 Å². The quantitative estimate of drug-likeness (QED) is 0.876. The van der Waals surface area contributed by atoms with E-state index in [0.717, 1.165) is 0 Å². The van der Waals surface area contributed by atoms with E-state index in [2.05, 4.69) is 0 Å². The van der Waals surface area contributed by atoms with Crippen LogP contribution in [0.5, 0.6) is 0 Å². The molecule has 20 heavy (non-hydrogen) atoms. The van der Waals surface area contributed by atoms with E-state index < -0.39 is 5.82 Å². The highest BCUT2D eigenvalue weighted by Crippen LogP contribution is 2.25. The Morgan fingerprint density at radius 3 is 2.60 bits per heavy atom. The molecule has 0 unspecified atom stereocenters. The first-order chi connectivity index (χ1) is 9.54. The number of anilines is 2. The van der Waals surface area contributed by atoms with E-state index in [4.69, 9.17) is 17.3 Å². The van der Waals surface area contributed by atoms with E-state index in [1.807, 2.05) is 0 Å². The maximum Gasteiger partial charge on any atom is 0.259 e. The zero-order valence-corrected chi connectivity index (χ0v) is 11.7. The van der Waals surface area contributed by atoms with Crippen LogP contribution in [-0.4, -0.2) is 12.5 Å². The van der Waals surface area contributed by atoms with Gasteiger partial charge in [0.15, 0.2) is 0 Å². The number of carbonyl (C=O) groups excluding carboxylic acids is 1. The molecule has 1 amide bonds. The van der Waals surface area contributed by atoms with Crippen molar-refractivity contribution in [3.63, 3.8) is 0 Å². The summed E-state index contributed by atoms with van der Waals surface area (Å²) in [5.41, 5.74) is 6.60. The highest BCUT2D eigenvalue weighted by atomic mass is 35.5. The summed E-state index contributed by atoms with van der Waals surface area (Å²) >= 11 is 6.03. The third kappa shape index (κ3) is 2.75. The van der Waals surface area contributed by atoms with Gasteiger partial charge in [-0.15, -0.1) is 0 Å². The number of halogens is 2. The lowest BCUT2D eigenvalue weighted by molar-refractivity contribution is 0.0987. The van der Waals surface area contributed by atoms with E-state index in [1.54, 1.807) is 37.3 Å². The molecule has 2 rings (SSSR count). The average Bonchev–Trinajstić information content (AvgIpc) is 2.41. The van der Waals surface area contributed by atoms with Crippen molar-refractivity contribution in [3.8, 4) is 0 Å². The highest BCUT2D eigenvalue weighted by Gasteiger charge is 2.20. The summed E-state index contributed by atoms with van der Waals surface area (Å²) in [6.07, 6.45) is 0. The molecule has 3 nitrogen and oxygen atoms in total. The van der Waals surface area contributed by atoms with Crippen LogP contribution in [0.4, 0.5) is 15.8 Å². The number of amides is 1.